The van der Waals surface area contributed by atoms with Gasteiger partial charge >= 0.3 is 5.97 Å². The number of rotatable bonds is 7. The van der Waals surface area contributed by atoms with E-state index in [1.807, 2.05) is 36.5 Å². The maximum atomic E-state index is 13.2. The van der Waals surface area contributed by atoms with Crippen molar-refractivity contribution in [3.63, 3.8) is 0 Å². The molecule has 2 aliphatic heterocycles. The van der Waals surface area contributed by atoms with Gasteiger partial charge in [-0.3, -0.25) is 14.6 Å². The molecule has 1 atom stereocenters. The second kappa shape index (κ2) is 9.04. The van der Waals surface area contributed by atoms with E-state index in [0.717, 1.165) is 11.1 Å². The van der Waals surface area contributed by atoms with Gasteiger partial charge in [-0.05, 0) is 23.6 Å². The van der Waals surface area contributed by atoms with Crippen molar-refractivity contribution in [3.8, 4) is 11.5 Å². The summed E-state index contributed by atoms with van der Waals surface area (Å²) in [6, 6.07) is 13.1. The molecule has 2 aromatic rings. The Morgan fingerprint density at radius 3 is 2.74 bits per heavy atom. The number of fused-ring (bicyclic) bond motifs is 2. The van der Waals surface area contributed by atoms with Gasteiger partial charge in [0.15, 0.2) is 11.5 Å². The first kappa shape index (κ1) is 20.7. The molecule has 0 fully saturated rings. The number of esters is 1. The fourth-order valence-corrected chi connectivity index (χ4v) is 3.68. The number of aliphatic imine (C=N–C) groups is 1. The van der Waals surface area contributed by atoms with Crippen molar-refractivity contribution < 1.29 is 23.8 Å². The van der Waals surface area contributed by atoms with E-state index >= 15 is 0 Å². The van der Waals surface area contributed by atoms with Gasteiger partial charge in [0.05, 0.1) is 31.0 Å². The Balaban J connectivity index is 1.54. The molecule has 0 saturated carbocycles. The second-order valence-electron chi connectivity index (χ2n) is 7.43. The van der Waals surface area contributed by atoms with E-state index < -0.39 is 0 Å². The summed E-state index contributed by atoms with van der Waals surface area (Å²) in [7, 11) is 1.55. The molecule has 160 valence electrons. The summed E-state index contributed by atoms with van der Waals surface area (Å²) in [5, 5.41) is 0. The van der Waals surface area contributed by atoms with Crippen molar-refractivity contribution in [3.05, 3.63) is 65.4 Å². The molecule has 0 aliphatic carbocycles. The van der Waals surface area contributed by atoms with Crippen LogP contribution in [0.3, 0.4) is 0 Å². The number of methoxy groups -OCH3 is 1. The van der Waals surface area contributed by atoms with Gasteiger partial charge in [-0.2, -0.15) is 0 Å². The molecule has 7 nitrogen and oxygen atoms in total. The SMILES string of the molecule is COc1cc2c(cc1OCc1ccccc1)N=C[C@@H]1CC(CCOC(C)=O)=CN1C2=O. The normalized spacial score (nSPS) is 16.8. The maximum Gasteiger partial charge on any atom is 0.302 e. The third-order valence-electron chi connectivity index (χ3n) is 5.25. The topological polar surface area (TPSA) is 77.4 Å². The van der Waals surface area contributed by atoms with Crippen LogP contribution in [0, 0.1) is 0 Å². The number of hydrogen-bond donors (Lipinski definition) is 0. The summed E-state index contributed by atoms with van der Waals surface area (Å²) in [4.78, 5) is 30.4. The van der Waals surface area contributed by atoms with E-state index in [9.17, 15) is 9.59 Å². The minimum Gasteiger partial charge on any atom is -0.493 e. The van der Waals surface area contributed by atoms with E-state index in [4.69, 9.17) is 14.2 Å². The van der Waals surface area contributed by atoms with Crippen LogP contribution in [0.15, 0.2) is 59.2 Å². The molecule has 0 bridgehead atoms. The number of amides is 1. The molecule has 2 heterocycles. The Labute approximate surface area is 180 Å². The first-order valence-corrected chi connectivity index (χ1v) is 10.1. The quantitative estimate of drug-likeness (QED) is 0.632. The molecule has 2 aromatic carbocycles. The van der Waals surface area contributed by atoms with Crippen molar-refractivity contribution in [1.82, 2.24) is 4.90 Å². The average Bonchev–Trinajstić information content (AvgIpc) is 3.14. The number of ether oxygens (including phenoxy) is 3. The van der Waals surface area contributed by atoms with Crippen molar-refractivity contribution in [1.29, 1.82) is 0 Å². The summed E-state index contributed by atoms with van der Waals surface area (Å²) in [5.74, 6) is 0.564. The lowest BCUT2D eigenvalue weighted by molar-refractivity contribution is -0.140. The molecule has 0 aromatic heterocycles. The van der Waals surface area contributed by atoms with Crippen LogP contribution in [-0.2, 0) is 16.1 Å². The summed E-state index contributed by atoms with van der Waals surface area (Å²) in [6.45, 7) is 2.07. The highest BCUT2D eigenvalue weighted by atomic mass is 16.5. The van der Waals surface area contributed by atoms with Crippen LogP contribution in [-0.4, -0.2) is 42.7 Å². The maximum absolute atomic E-state index is 13.2. The number of nitrogens with zero attached hydrogens (tertiary/aromatic N) is 2. The molecule has 0 unspecified atom stereocenters. The first-order valence-electron chi connectivity index (χ1n) is 10.1. The van der Waals surface area contributed by atoms with E-state index in [-0.39, 0.29) is 17.9 Å². The summed E-state index contributed by atoms with van der Waals surface area (Å²) in [5.41, 5.74) is 3.09. The summed E-state index contributed by atoms with van der Waals surface area (Å²) in [6.07, 6.45) is 4.88. The van der Waals surface area contributed by atoms with E-state index in [1.54, 1.807) is 30.4 Å². The molecule has 0 radical (unpaired) electrons. The zero-order chi connectivity index (χ0) is 21.8. The monoisotopic (exact) mass is 420 g/mol. The van der Waals surface area contributed by atoms with Crippen LogP contribution >= 0.6 is 0 Å². The van der Waals surface area contributed by atoms with Crippen LogP contribution in [0.4, 0.5) is 5.69 Å². The van der Waals surface area contributed by atoms with Gasteiger partial charge in [0, 0.05) is 31.8 Å². The van der Waals surface area contributed by atoms with E-state index in [0.29, 0.717) is 48.8 Å². The molecule has 1 amide bonds. The molecule has 31 heavy (non-hydrogen) atoms. The van der Waals surface area contributed by atoms with Crippen LogP contribution in [0.1, 0.15) is 35.7 Å². The molecule has 2 aliphatic rings. The smallest absolute Gasteiger partial charge is 0.302 e. The van der Waals surface area contributed by atoms with Crippen LogP contribution in [0.2, 0.25) is 0 Å². The molecule has 7 heteroatoms. The zero-order valence-corrected chi connectivity index (χ0v) is 17.5. The van der Waals surface area contributed by atoms with E-state index in [1.165, 1.54) is 6.92 Å². The summed E-state index contributed by atoms with van der Waals surface area (Å²) < 4.78 is 16.5. The minimum absolute atomic E-state index is 0.145. The third kappa shape index (κ3) is 4.60. The van der Waals surface area contributed by atoms with Gasteiger partial charge < -0.3 is 19.1 Å². The molecule has 4 rings (SSSR count). The fraction of sp³-hybridized carbons (Fsp3) is 0.292. The van der Waals surface area contributed by atoms with Gasteiger partial charge in [0.25, 0.3) is 5.91 Å². The molecular weight excluding hydrogens is 396 g/mol. The van der Waals surface area contributed by atoms with Gasteiger partial charge in [0.2, 0.25) is 0 Å². The lowest BCUT2D eigenvalue weighted by Gasteiger charge is -2.19. The molecule has 0 saturated heterocycles. The number of benzene rings is 2. The van der Waals surface area contributed by atoms with Crippen molar-refractivity contribution in [2.75, 3.05) is 13.7 Å². The lowest BCUT2D eigenvalue weighted by Crippen LogP contribution is -2.32. The van der Waals surface area contributed by atoms with Gasteiger partial charge in [-0.1, -0.05) is 30.3 Å². The van der Waals surface area contributed by atoms with Gasteiger partial charge in [-0.15, -0.1) is 0 Å². The summed E-state index contributed by atoms with van der Waals surface area (Å²) >= 11 is 0. The number of carbonyl (C=O) groups excluding carboxylic acids is 2. The Bertz CT molecular complexity index is 1050. The van der Waals surface area contributed by atoms with Crippen molar-refractivity contribution in [2.45, 2.75) is 32.4 Å². The highest BCUT2D eigenvalue weighted by molar-refractivity contribution is 6.04. The molecule has 0 N–H and O–H groups in total. The Hall–Kier alpha value is -3.61. The number of carbonyl (C=O) groups is 2. The third-order valence-corrected chi connectivity index (χ3v) is 5.25. The molecular formula is C24H24N2O5. The largest absolute Gasteiger partial charge is 0.493 e. The van der Waals surface area contributed by atoms with Gasteiger partial charge in [0.1, 0.15) is 6.61 Å². The second-order valence-corrected chi connectivity index (χ2v) is 7.43. The Morgan fingerprint density at radius 2 is 2.00 bits per heavy atom. The minimum atomic E-state index is -0.308. The van der Waals surface area contributed by atoms with E-state index in [2.05, 4.69) is 4.99 Å². The zero-order valence-electron chi connectivity index (χ0n) is 17.5. The van der Waals surface area contributed by atoms with Crippen LogP contribution in [0.5, 0.6) is 11.5 Å². The van der Waals surface area contributed by atoms with Crippen molar-refractivity contribution >= 4 is 23.8 Å². The first-order chi connectivity index (χ1) is 15.0. The lowest BCUT2D eigenvalue weighted by atomic mass is 10.1. The average molecular weight is 420 g/mol. The standard InChI is InChI=1S/C24H24N2O5/c1-16(27)30-9-8-18-10-19-13-25-21-12-23(31-15-17-6-4-3-5-7-17)22(29-2)11-20(21)24(28)26(19)14-18/h3-7,11-14,19H,8-10,15H2,1-2H3/t19-/m0/s1. The Morgan fingerprint density at radius 1 is 1.19 bits per heavy atom. The van der Waals surface area contributed by atoms with Crippen LogP contribution in [0.25, 0.3) is 0 Å². The molecule has 0 spiro atoms. The predicted molar refractivity (Wildman–Crippen MR) is 116 cm³/mol. The van der Waals surface area contributed by atoms with Crippen LogP contribution < -0.4 is 9.47 Å². The highest BCUT2D eigenvalue weighted by Crippen LogP contribution is 2.39. The fourth-order valence-electron chi connectivity index (χ4n) is 3.68. The van der Waals surface area contributed by atoms with Crippen molar-refractivity contribution in [2.24, 2.45) is 4.99 Å². The number of hydrogen-bond acceptors (Lipinski definition) is 6. The Kier molecular flexibility index (Phi) is 6.02. The predicted octanol–water partition coefficient (Wildman–Crippen LogP) is 4.04. The van der Waals surface area contributed by atoms with Gasteiger partial charge in [-0.25, -0.2) is 0 Å². The highest BCUT2D eigenvalue weighted by Gasteiger charge is 2.33.